The highest BCUT2D eigenvalue weighted by Gasteiger charge is 2.14. The van der Waals surface area contributed by atoms with Crippen LogP contribution in [0.5, 0.6) is 0 Å². The molecule has 1 atom stereocenters. The average molecular weight is 260 g/mol. The van der Waals surface area contributed by atoms with Gasteiger partial charge in [-0.05, 0) is 23.8 Å². The zero-order chi connectivity index (χ0) is 13.2. The summed E-state index contributed by atoms with van der Waals surface area (Å²) >= 11 is 1.90. The molecule has 1 unspecified atom stereocenters. The fourth-order valence-electron chi connectivity index (χ4n) is 1.76. The van der Waals surface area contributed by atoms with Crippen LogP contribution in [0.25, 0.3) is 10.9 Å². The fourth-order valence-corrected chi connectivity index (χ4v) is 2.63. The van der Waals surface area contributed by atoms with Crippen LogP contribution >= 0.6 is 11.8 Å². The van der Waals surface area contributed by atoms with Gasteiger partial charge in [0.1, 0.15) is 0 Å². The molecular formula is C15H20N2S. The lowest BCUT2D eigenvalue weighted by molar-refractivity contribution is 0.779. The molecule has 1 aromatic heterocycles. The van der Waals surface area contributed by atoms with Crippen LogP contribution in [0, 0.1) is 0 Å². The van der Waals surface area contributed by atoms with E-state index in [0.717, 1.165) is 16.7 Å². The van der Waals surface area contributed by atoms with Crippen molar-refractivity contribution in [3.8, 4) is 0 Å². The summed E-state index contributed by atoms with van der Waals surface area (Å²) in [7, 11) is 0. The molecule has 0 fully saturated rings. The van der Waals surface area contributed by atoms with Gasteiger partial charge >= 0.3 is 0 Å². The van der Waals surface area contributed by atoms with Crippen LogP contribution in [0.3, 0.4) is 0 Å². The molecular weight excluding hydrogens is 240 g/mol. The highest BCUT2D eigenvalue weighted by Crippen LogP contribution is 2.28. The average Bonchev–Trinajstić information content (AvgIpc) is 2.34. The number of aromatic nitrogens is 1. The predicted octanol–water partition coefficient (Wildman–Crippen LogP) is 3.77. The first-order valence-corrected chi connectivity index (χ1v) is 7.18. The van der Waals surface area contributed by atoms with Crippen molar-refractivity contribution in [3.63, 3.8) is 0 Å². The summed E-state index contributed by atoms with van der Waals surface area (Å²) in [4.78, 5) is 4.32. The second kappa shape index (κ2) is 5.29. The van der Waals surface area contributed by atoms with Gasteiger partial charge in [0.15, 0.2) is 0 Å². The number of benzene rings is 1. The van der Waals surface area contributed by atoms with Crippen LogP contribution in [0.1, 0.15) is 32.4 Å². The molecule has 3 heteroatoms. The first-order valence-electron chi connectivity index (χ1n) is 6.20. The van der Waals surface area contributed by atoms with Crippen molar-refractivity contribution in [3.05, 3.63) is 42.1 Å². The number of pyridine rings is 1. The molecule has 0 bridgehead atoms. The molecule has 0 amide bonds. The Hall–Kier alpha value is -1.06. The van der Waals surface area contributed by atoms with Crippen molar-refractivity contribution in [2.45, 2.75) is 31.6 Å². The Bertz CT molecular complexity index is 531. The zero-order valence-electron chi connectivity index (χ0n) is 11.2. The molecule has 2 nitrogen and oxygen atoms in total. The Labute approximate surface area is 113 Å². The first-order chi connectivity index (χ1) is 8.46. The minimum atomic E-state index is 0.0823. The van der Waals surface area contributed by atoms with Crippen molar-refractivity contribution in [1.29, 1.82) is 0 Å². The summed E-state index contributed by atoms with van der Waals surface area (Å²) < 4.78 is 0.260. The number of hydrogen-bond donors (Lipinski definition) is 1. The second-order valence-corrected chi connectivity index (χ2v) is 7.33. The maximum atomic E-state index is 6.25. The molecule has 2 N–H and O–H groups in total. The van der Waals surface area contributed by atoms with Crippen LogP contribution in [-0.2, 0) is 0 Å². The van der Waals surface area contributed by atoms with Gasteiger partial charge in [-0.2, -0.15) is 11.8 Å². The van der Waals surface area contributed by atoms with Gasteiger partial charge in [-0.25, -0.2) is 0 Å². The summed E-state index contributed by atoms with van der Waals surface area (Å²) in [5.41, 5.74) is 8.46. The summed E-state index contributed by atoms with van der Waals surface area (Å²) in [5.74, 6) is 0.940. The minimum absolute atomic E-state index is 0.0823. The lowest BCUT2D eigenvalue weighted by Gasteiger charge is -2.21. The van der Waals surface area contributed by atoms with E-state index in [9.17, 15) is 0 Å². The molecule has 0 radical (unpaired) electrons. The number of nitrogens with two attached hydrogens (primary N) is 1. The molecule has 96 valence electrons. The van der Waals surface area contributed by atoms with E-state index in [4.69, 9.17) is 5.73 Å². The normalized spacial score (nSPS) is 13.8. The van der Waals surface area contributed by atoms with E-state index < -0.39 is 0 Å². The maximum Gasteiger partial charge on any atom is 0.0702 e. The SMILES string of the molecule is CC(C)(C)SCC(N)c1ccc2ncccc2c1. The van der Waals surface area contributed by atoms with E-state index in [0.29, 0.717) is 0 Å². The van der Waals surface area contributed by atoms with E-state index in [-0.39, 0.29) is 10.8 Å². The van der Waals surface area contributed by atoms with Crippen LogP contribution in [0.4, 0.5) is 0 Å². The highest BCUT2D eigenvalue weighted by molar-refractivity contribution is 8.00. The van der Waals surface area contributed by atoms with Crippen molar-refractivity contribution in [2.24, 2.45) is 5.73 Å². The van der Waals surface area contributed by atoms with Crippen molar-refractivity contribution in [2.75, 3.05) is 5.75 Å². The lowest BCUT2D eigenvalue weighted by Crippen LogP contribution is -2.18. The van der Waals surface area contributed by atoms with Crippen molar-refractivity contribution in [1.82, 2.24) is 4.98 Å². The van der Waals surface area contributed by atoms with Gasteiger partial charge in [-0.1, -0.05) is 32.9 Å². The number of hydrogen-bond acceptors (Lipinski definition) is 3. The van der Waals surface area contributed by atoms with Gasteiger partial charge in [0.2, 0.25) is 0 Å². The lowest BCUT2D eigenvalue weighted by atomic mass is 10.1. The van der Waals surface area contributed by atoms with Gasteiger partial charge in [-0.3, -0.25) is 4.98 Å². The monoisotopic (exact) mass is 260 g/mol. The van der Waals surface area contributed by atoms with Gasteiger partial charge in [-0.15, -0.1) is 0 Å². The van der Waals surface area contributed by atoms with Crippen molar-refractivity contribution < 1.29 is 0 Å². The van der Waals surface area contributed by atoms with Gasteiger partial charge in [0.25, 0.3) is 0 Å². The predicted molar refractivity (Wildman–Crippen MR) is 80.9 cm³/mol. The van der Waals surface area contributed by atoms with E-state index in [1.807, 2.05) is 30.1 Å². The molecule has 2 aromatic rings. The quantitative estimate of drug-likeness (QED) is 0.913. The molecule has 0 spiro atoms. The van der Waals surface area contributed by atoms with Gasteiger partial charge in [0, 0.05) is 28.1 Å². The minimum Gasteiger partial charge on any atom is -0.323 e. The summed E-state index contributed by atoms with van der Waals surface area (Å²) in [5, 5.41) is 1.16. The molecule has 0 saturated carbocycles. The van der Waals surface area contributed by atoms with Gasteiger partial charge in [0.05, 0.1) is 5.52 Å². The van der Waals surface area contributed by atoms with Crippen LogP contribution < -0.4 is 5.73 Å². The molecule has 0 aliphatic rings. The number of fused-ring (bicyclic) bond motifs is 1. The smallest absolute Gasteiger partial charge is 0.0702 e. The van der Waals surface area contributed by atoms with Crippen LogP contribution in [-0.4, -0.2) is 15.5 Å². The third-order valence-electron chi connectivity index (χ3n) is 2.75. The van der Waals surface area contributed by atoms with Crippen molar-refractivity contribution >= 4 is 22.7 Å². The zero-order valence-corrected chi connectivity index (χ0v) is 12.0. The largest absolute Gasteiger partial charge is 0.323 e. The molecule has 0 saturated heterocycles. The Kier molecular flexibility index (Phi) is 3.93. The van der Waals surface area contributed by atoms with Gasteiger partial charge < -0.3 is 5.73 Å². The standard InChI is InChI=1S/C15H20N2S/c1-15(2,3)18-10-13(16)11-6-7-14-12(9-11)5-4-8-17-14/h4-9,13H,10,16H2,1-3H3. The number of thioether (sulfide) groups is 1. The maximum absolute atomic E-state index is 6.25. The first kappa shape index (κ1) is 13.4. The Morgan fingerprint density at radius 2 is 2.06 bits per heavy atom. The summed E-state index contributed by atoms with van der Waals surface area (Å²) in [6, 6.07) is 10.4. The van der Waals surface area contributed by atoms with E-state index >= 15 is 0 Å². The summed E-state index contributed by atoms with van der Waals surface area (Å²) in [6.07, 6.45) is 1.82. The molecule has 1 aromatic carbocycles. The molecule has 0 aliphatic carbocycles. The topological polar surface area (TPSA) is 38.9 Å². The Balaban J connectivity index is 2.15. The number of rotatable bonds is 3. The van der Waals surface area contributed by atoms with E-state index in [1.54, 1.807) is 0 Å². The molecule has 1 heterocycles. The third-order valence-corrected chi connectivity index (χ3v) is 4.14. The second-order valence-electron chi connectivity index (χ2n) is 5.49. The third kappa shape index (κ3) is 3.47. The Morgan fingerprint density at radius 1 is 1.28 bits per heavy atom. The van der Waals surface area contributed by atoms with Crippen LogP contribution in [0.2, 0.25) is 0 Å². The molecule has 18 heavy (non-hydrogen) atoms. The highest BCUT2D eigenvalue weighted by atomic mass is 32.2. The van der Waals surface area contributed by atoms with E-state index in [1.165, 1.54) is 5.56 Å². The van der Waals surface area contributed by atoms with E-state index in [2.05, 4.69) is 44.0 Å². The Morgan fingerprint density at radius 3 is 2.78 bits per heavy atom. The molecule has 0 aliphatic heterocycles. The van der Waals surface area contributed by atoms with Crippen LogP contribution in [0.15, 0.2) is 36.5 Å². The summed E-state index contributed by atoms with van der Waals surface area (Å²) in [6.45, 7) is 6.65. The number of nitrogens with zero attached hydrogens (tertiary/aromatic N) is 1. The fraction of sp³-hybridized carbons (Fsp3) is 0.400. The molecule has 2 rings (SSSR count).